The molecule has 94 valence electrons. The number of nitrogens with zero attached hydrogens (tertiary/aromatic N) is 3. The van der Waals surface area contributed by atoms with E-state index in [0.717, 1.165) is 19.0 Å². The molecule has 0 aromatic carbocycles. The third-order valence-corrected chi connectivity index (χ3v) is 3.21. The molecular weight excluding hydrogens is 219 g/mol. The molecule has 1 aliphatic carbocycles. The van der Waals surface area contributed by atoms with Gasteiger partial charge < -0.3 is 10.2 Å². The smallest absolute Gasteiger partial charge is 0.224 e. The van der Waals surface area contributed by atoms with Crippen molar-refractivity contribution in [1.82, 2.24) is 9.97 Å². The van der Waals surface area contributed by atoms with Gasteiger partial charge in [-0.3, -0.25) is 0 Å². The number of aromatic nitrogens is 2. The van der Waals surface area contributed by atoms with Gasteiger partial charge in [0.05, 0.1) is 6.20 Å². The average molecular weight is 238 g/mol. The molecule has 0 radical (unpaired) electrons. The van der Waals surface area contributed by atoms with Crippen LogP contribution in [0.1, 0.15) is 20.3 Å². The van der Waals surface area contributed by atoms with Gasteiger partial charge in [0, 0.05) is 20.1 Å². The Morgan fingerprint density at radius 3 is 2.88 bits per heavy atom. The average Bonchev–Trinajstić information content (AvgIpc) is 2.97. The van der Waals surface area contributed by atoms with Crippen LogP contribution in [0.2, 0.25) is 0 Å². The van der Waals surface area contributed by atoms with Gasteiger partial charge in [0.2, 0.25) is 5.95 Å². The van der Waals surface area contributed by atoms with Crippen molar-refractivity contribution in [2.45, 2.75) is 20.3 Å². The van der Waals surface area contributed by atoms with E-state index in [9.17, 15) is 4.39 Å². The first-order chi connectivity index (χ1) is 8.11. The number of nitrogens with one attached hydrogen (secondary N) is 1. The van der Waals surface area contributed by atoms with Gasteiger partial charge in [-0.1, -0.05) is 6.92 Å². The summed E-state index contributed by atoms with van der Waals surface area (Å²) in [5.74, 6) is 1.95. The fourth-order valence-electron chi connectivity index (χ4n) is 1.96. The zero-order valence-electron chi connectivity index (χ0n) is 10.6. The fraction of sp³-hybridized carbons (Fsp3) is 0.667. The van der Waals surface area contributed by atoms with Crippen LogP contribution in [0, 0.1) is 17.7 Å². The van der Waals surface area contributed by atoms with Crippen molar-refractivity contribution in [3.05, 3.63) is 12.0 Å². The molecule has 1 N–H and O–H groups in total. The number of hydrogen-bond acceptors (Lipinski definition) is 4. The Morgan fingerprint density at radius 2 is 2.29 bits per heavy atom. The standard InChI is InChI=1S/C12H19FN4/c1-4-14-12-15-6-10(13)11(16-12)17(3)7-9-5-8(9)2/h6,8-9H,4-5,7H2,1-3H3,(H,14,15,16). The quantitative estimate of drug-likeness (QED) is 0.853. The molecule has 2 unspecified atom stereocenters. The highest BCUT2D eigenvalue weighted by Gasteiger charge is 2.33. The fourth-order valence-corrected chi connectivity index (χ4v) is 1.96. The number of halogens is 1. The van der Waals surface area contributed by atoms with Crippen molar-refractivity contribution in [3.63, 3.8) is 0 Å². The molecule has 0 saturated heterocycles. The van der Waals surface area contributed by atoms with E-state index in [1.165, 1.54) is 12.6 Å². The van der Waals surface area contributed by atoms with E-state index in [2.05, 4.69) is 22.2 Å². The van der Waals surface area contributed by atoms with Crippen LogP contribution >= 0.6 is 0 Å². The van der Waals surface area contributed by atoms with Gasteiger partial charge in [-0.05, 0) is 25.2 Å². The molecule has 0 spiro atoms. The summed E-state index contributed by atoms with van der Waals surface area (Å²) in [6, 6.07) is 0. The second kappa shape index (κ2) is 4.85. The molecule has 2 atom stereocenters. The summed E-state index contributed by atoms with van der Waals surface area (Å²) in [6.07, 6.45) is 2.46. The van der Waals surface area contributed by atoms with Gasteiger partial charge in [-0.15, -0.1) is 0 Å². The van der Waals surface area contributed by atoms with Crippen LogP contribution < -0.4 is 10.2 Å². The van der Waals surface area contributed by atoms with Crippen molar-refractivity contribution in [1.29, 1.82) is 0 Å². The van der Waals surface area contributed by atoms with Gasteiger partial charge in [0.25, 0.3) is 0 Å². The predicted octanol–water partition coefficient (Wildman–Crippen LogP) is 2.14. The molecule has 1 fully saturated rings. The van der Waals surface area contributed by atoms with E-state index in [1.54, 1.807) is 0 Å². The molecule has 1 aromatic rings. The molecule has 1 saturated carbocycles. The van der Waals surface area contributed by atoms with E-state index in [4.69, 9.17) is 0 Å². The monoisotopic (exact) mass is 238 g/mol. The molecule has 2 rings (SSSR count). The number of hydrogen-bond donors (Lipinski definition) is 1. The largest absolute Gasteiger partial charge is 0.357 e. The second-order valence-electron chi connectivity index (χ2n) is 4.75. The summed E-state index contributed by atoms with van der Waals surface area (Å²) in [5.41, 5.74) is 0. The van der Waals surface area contributed by atoms with Crippen LogP contribution in [0.25, 0.3) is 0 Å². The number of rotatable bonds is 5. The van der Waals surface area contributed by atoms with Crippen molar-refractivity contribution in [3.8, 4) is 0 Å². The lowest BCUT2D eigenvalue weighted by Gasteiger charge is -2.19. The second-order valence-corrected chi connectivity index (χ2v) is 4.75. The molecule has 0 bridgehead atoms. The Kier molecular flexibility index (Phi) is 3.45. The summed E-state index contributed by atoms with van der Waals surface area (Å²) in [4.78, 5) is 9.97. The molecule has 1 aromatic heterocycles. The van der Waals surface area contributed by atoms with Gasteiger partial charge >= 0.3 is 0 Å². The topological polar surface area (TPSA) is 41.1 Å². The summed E-state index contributed by atoms with van der Waals surface area (Å²) in [6.45, 7) is 5.77. The highest BCUT2D eigenvalue weighted by Crippen LogP contribution is 2.38. The third kappa shape index (κ3) is 2.84. The van der Waals surface area contributed by atoms with Crippen LogP contribution in [-0.4, -0.2) is 30.1 Å². The molecule has 4 nitrogen and oxygen atoms in total. The summed E-state index contributed by atoms with van der Waals surface area (Å²) in [7, 11) is 1.88. The zero-order valence-corrected chi connectivity index (χ0v) is 10.6. The molecule has 0 aliphatic heterocycles. The van der Waals surface area contributed by atoms with Gasteiger partial charge in [0.15, 0.2) is 11.6 Å². The molecular formula is C12H19FN4. The third-order valence-electron chi connectivity index (χ3n) is 3.21. The van der Waals surface area contributed by atoms with E-state index in [1.807, 2.05) is 18.9 Å². The predicted molar refractivity (Wildman–Crippen MR) is 66.7 cm³/mol. The van der Waals surface area contributed by atoms with Crippen molar-refractivity contribution >= 4 is 11.8 Å². The minimum atomic E-state index is -0.359. The van der Waals surface area contributed by atoms with Crippen LogP contribution in [0.3, 0.4) is 0 Å². The summed E-state index contributed by atoms with van der Waals surface area (Å²) < 4.78 is 13.6. The first-order valence-corrected chi connectivity index (χ1v) is 6.09. The lowest BCUT2D eigenvalue weighted by molar-refractivity contribution is 0.601. The van der Waals surface area contributed by atoms with E-state index in [-0.39, 0.29) is 5.82 Å². The van der Waals surface area contributed by atoms with Gasteiger partial charge in [0.1, 0.15) is 0 Å². The van der Waals surface area contributed by atoms with Gasteiger partial charge in [-0.2, -0.15) is 4.98 Å². The molecule has 5 heteroatoms. The van der Waals surface area contributed by atoms with Crippen molar-refractivity contribution in [2.75, 3.05) is 30.4 Å². The Labute approximate surface area is 101 Å². The highest BCUT2D eigenvalue weighted by molar-refractivity contribution is 5.43. The van der Waals surface area contributed by atoms with Crippen molar-refractivity contribution < 1.29 is 4.39 Å². The molecule has 1 aliphatic rings. The normalized spacial score (nSPS) is 22.4. The Bertz CT molecular complexity index is 396. The molecule has 0 amide bonds. The maximum absolute atomic E-state index is 13.6. The van der Waals surface area contributed by atoms with E-state index >= 15 is 0 Å². The van der Waals surface area contributed by atoms with Crippen molar-refractivity contribution in [2.24, 2.45) is 11.8 Å². The minimum Gasteiger partial charge on any atom is -0.357 e. The number of anilines is 2. The van der Waals surface area contributed by atoms with E-state index < -0.39 is 0 Å². The van der Waals surface area contributed by atoms with Crippen LogP contribution in [0.15, 0.2) is 6.20 Å². The minimum absolute atomic E-state index is 0.359. The first-order valence-electron chi connectivity index (χ1n) is 6.09. The maximum atomic E-state index is 13.6. The Morgan fingerprint density at radius 1 is 1.59 bits per heavy atom. The summed E-state index contributed by atoms with van der Waals surface area (Å²) in [5, 5.41) is 2.99. The molecule has 17 heavy (non-hydrogen) atoms. The Balaban J connectivity index is 2.09. The van der Waals surface area contributed by atoms with Gasteiger partial charge in [-0.25, -0.2) is 9.37 Å². The Hall–Kier alpha value is -1.39. The maximum Gasteiger partial charge on any atom is 0.224 e. The van der Waals surface area contributed by atoms with Crippen LogP contribution in [0.4, 0.5) is 16.2 Å². The highest BCUT2D eigenvalue weighted by atomic mass is 19.1. The molecule has 1 heterocycles. The van der Waals surface area contributed by atoms with E-state index in [0.29, 0.717) is 17.7 Å². The van der Waals surface area contributed by atoms with Crippen LogP contribution in [-0.2, 0) is 0 Å². The first kappa shape index (κ1) is 12.1. The lowest BCUT2D eigenvalue weighted by atomic mass is 10.3. The van der Waals surface area contributed by atoms with Crippen LogP contribution in [0.5, 0.6) is 0 Å². The zero-order chi connectivity index (χ0) is 12.4. The SMILES string of the molecule is CCNc1ncc(F)c(N(C)CC2CC2C)n1. The summed E-state index contributed by atoms with van der Waals surface area (Å²) >= 11 is 0. The lowest BCUT2D eigenvalue weighted by Crippen LogP contribution is -2.23.